The maximum atomic E-state index is 13.2. The van der Waals surface area contributed by atoms with Crippen molar-refractivity contribution in [2.75, 3.05) is 19.7 Å². The highest BCUT2D eigenvalue weighted by Gasteiger charge is 2.38. The molecule has 1 fully saturated rings. The van der Waals surface area contributed by atoms with Crippen LogP contribution in [0, 0.1) is 0 Å². The Balaban J connectivity index is 1.59. The highest BCUT2D eigenvalue weighted by molar-refractivity contribution is 7.85. The molecule has 156 valence electrons. The molecule has 0 aliphatic carbocycles. The summed E-state index contributed by atoms with van der Waals surface area (Å²) in [4.78, 5) is 13.6. The smallest absolute Gasteiger partial charge is 0.417 e. The van der Waals surface area contributed by atoms with Gasteiger partial charge in [-0.2, -0.15) is 13.2 Å². The lowest BCUT2D eigenvalue weighted by molar-refractivity contribution is -0.139. The van der Waals surface area contributed by atoms with E-state index in [9.17, 15) is 22.2 Å². The molecule has 1 aliphatic rings. The van der Waals surface area contributed by atoms with E-state index in [-0.39, 0.29) is 30.6 Å². The zero-order valence-corrected chi connectivity index (χ0v) is 16.2. The quantitative estimate of drug-likeness (QED) is 0.770. The van der Waals surface area contributed by atoms with Crippen LogP contribution >= 0.6 is 0 Å². The fraction of sp³-hybridized carbons (Fsp3) is 0.350. The minimum Gasteiger partial charge on any atom is -0.484 e. The minimum atomic E-state index is -4.58. The van der Waals surface area contributed by atoms with Crippen LogP contribution in [-0.2, 0) is 28.4 Å². The molecule has 0 bridgehead atoms. The van der Waals surface area contributed by atoms with Crippen LogP contribution in [0.15, 0.2) is 53.4 Å². The van der Waals surface area contributed by atoms with Crippen molar-refractivity contribution in [1.29, 1.82) is 0 Å². The van der Waals surface area contributed by atoms with Crippen LogP contribution in [0.4, 0.5) is 13.2 Å². The van der Waals surface area contributed by atoms with Crippen LogP contribution in [0.2, 0.25) is 0 Å². The maximum Gasteiger partial charge on any atom is 0.417 e. The molecule has 0 aromatic heterocycles. The highest BCUT2D eigenvalue weighted by Crippen LogP contribution is 2.35. The molecular formula is C20H20F3NO4S. The Labute approximate surface area is 168 Å². The number of ether oxygens (including phenoxy) is 1. The Morgan fingerprint density at radius 1 is 1.17 bits per heavy atom. The number of halogens is 3. The third-order valence-electron chi connectivity index (χ3n) is 4.68. The number of amides is 1. The van der Waals surface area contributed by atoms with Gasteiger partial charge in [-0.1, -0.05) is 24.3 Å². The van der Waals surface area contributed by atoms with E-state index in [1.165, 1.54) is 23.1 Å². The second kappa shape index (κ2) is 8.96. The highest BCUT2D eigenvalue weighted by atomic mass is 32.2. The number of hydrogen-bond acceptors (Lipinski definition) is 4. The van der Waals surface area contributed by atoms with Crippen molar-refractivity contribution in [3.63, 3.8) is 0 Å². The fourth-order valence-corrected chi connectivity index (χ4v) is 4.72. The molecule has 1 saturated heterocycles. The van der Waals surface area contributed by atoms with Crippen molar-refractivity contribution in [2.24, 2.45) is 0 Å². The van der Waals surface area contributed by atoms with Crippen molar-refractivity contribution in [3.05, 3.63) is 59.7 Å². The van der Waals surface area contributed by atoms with Gasteiger partial charge < -0.3 is 14.7 Å². The van der Waals surface area contributed by atoms with Gasteiger partial charge in [0, 0.05) is 13.1 Å². The largest absolute Gasteiger partial charge is 0.484 e. The second-order valence-corrected chi connectivity index (χ2v) is 8.33. The average molecular weight is 427 g/mol. The molecule has 1 amide bonds. The molecule has 0 saturated carbocycles. The van der Waals surface area contributed by atoms with Crippen LogP contribution in [-0.4, -0.2) is 45.1 Å². The number of aliphatic hydroxyl groups excluding tert-OH is 1. The number of carbonyl (C=O) groups excluding carboxylic acids is 1. The standard InChI is InChI=1S/C20H20F3NO4S/c21-20(22,23)17-3-1-2-4-18(17)29(27)16-9-10-24(11-16)19(26)13-28-15-7-5-14(12-25)6-8-15/h1-8,16,25H,9-13H2/t16-,29+/m1/s1. The Morgan fingerprint density at radius 3 is 2.52 bits per heavy atom. The number of aliphatic hydroxyl groups is 1. The first-order valence-corrected chi connectivity index (χ1v) is 10.2. The molecule has 5 nitrogen and oxygen atoms in total. The van der Waals surface area contributed by atoms with Gasteiger partial charge in [-0.25, -0.2) is 0 Å². The van der Waals surface area contributed by atoms with E-state index in [0.717, 1.165) is 6.07 Å². The van der Waals surface area contributed by atoms with Gasteiger partial charge >= 0.3 is 6.18 Å². The van der Waals surface area contributed by atoms with Crippen molar-refractivity contribution in [1.82, 2.24) is 4.90 Å². The van der Waals surface area contributed by atoms with Gasteiger partial charge in [0.1, 0.15) is 5.75 Å². The summed E-state index contributed by atoms with van der Waals surface area (Å²) in [6.45, 7) is 0.112. The summed E-state index contributed by atoms with van der Waals surface area (Å²) >= 11 is 0. The SMILES string of the molecule is O=C(COc1ccc(CO)cc1)N1CC[C@@H]([S@](=O)c2ccccc2C(F)(F)F)C1. The molecule has 2 atom stereocenters. The Hall–Kier alpha value is -2.39. The average Bonchev–Trinajstić information content (AvgIpc) is 3.21. The summed E-state index contributed by atoms with van der Waals surface area (Å²) in [5, 5.41) is 8.45. The Bertz CT molecular complexity index is 886. The predicted octanol–water partition coefficient (Wildman–Crippen LogP) is 2.99. The van der Waals surface area contributed by atoms with E-state index in [1.807, 2.05) is 0 Å². The fourth-order valence-electron chi connectivity index (χ4n) is 3.11. The van der Waals surface area contributed by atoms with Crippen molar-refractivity contribution < 1.29 is 32.0 Å². The van der Waals surface area contributed by atoms with Gasteiger partial charge in [-0.15, -0.1) is 0 Å². The van der Waals surface area contributed by atoms with Gasteiger partial charge in [-0.3, -0.25) is 9.00 Å². The van der Waals surface area contributed by atoms with E-state index < -0.39 is 27.8 Å². The molecular weight excluding hydrogens is 407 g/mol. The zero-order chi connectivity index (χ0) is 21.0. The summed E-state index contributed by atoms with van der Waals surface area (Å²) in [6, 6.07) is 11.4. The molecule has 1 aliphatic heterocycles. The number of rotatable bonds is 6. The first-order valence-electron chi connectivity index (χ1n) is 8.96. The lowest BCUT2D eigenvalue weighted by Gasteiger charge is -2.18. The molecule has 29 heavy (non-hydrogen) atoms. The van der Waals surface area contributed by atoms with Crippen molar-refractivity contribution >= 4 is 16.7 Å². The number of benzene rings is 2. The molecule has 0 radical (unpaired) electrons. The lowest BCUT2D eigenvalue weighted by Crippen LogP contribution is -2.34. The van der Waals surface area contributed by atoms with Gasteiger partial charge in [0.05, 0.1) is 33.1 Å². The minimum absolute atomic E-state index is 0.0943. The number of alkyl halides is 3. The van der Waals surface area contributed by atoms with E-state index in [4.69, 9.17) is 9.84 Å². The number of carbonyl (C=O) groups is 1. The lowest BCUT2D eigenvalue weighted by atomic mass is 10.2. The van der Waals surface area contributed by atoms with Gasteiger partial charge in [-0.05, 0) is 36.2 Å². The first-order chi connectivity index (χ1) is 13.8. The van der Waals surface area contributed by atoms with Gasteiger partial charge in [0.25, 0.3) is 5.91 Å². The van der Waals surface area contributed by atoms with Crippen LogP contribution in [0.1, 0.15) is 17.5 Å². The van der Waals surface area contributed by atoms with Crippen molar-refractivity contribution in [2.45, 2.75) is 29.3 Å². The van der Waals surface area contributed by atoms with Crippen LogP contribution in [0.5, 0.6) is 5.75 Å². The molecule has 9 heteroatoms. The number of likely N-dealkylation sites (tertiary alicyclic amines) is 1. The number of hydrogen-bond donors (Lipinski definition) is 1. The summed E-state index contributed by atoms with van der Waals surface area (Å²) < 4.78 is 57.7. The summed E-state index contributed by atoms with van der Waals surface area (Å²) in [6.07, 6.45) is -4.23. The summed E-state index contributed by atoms with van der Waals surface area (Å²) in [7, 11) is -1.88. The van der Waals surface area contributed by atoms with Crippen LogP contribution in [0.25, 0.3) is 0 Å². The van der Waals surface area contributed by atoms with Gasteiger partial charge in [0.15, 0.2) is 6.61 Å². The van der Waals surface area contributed by atoms with E-state index in [2.05, 4.69) is 0 Å². The van der Waals surface area contributed by atoms with E-state index >= 15 is 0 Å². The van der Waals surface area contributed by atoms with Crippen LogP contribution < -0.4 is 4.74 Å². The molecule has 1 heterocycles. The Morgan fingerprint density at radius 2 is 1.86 bits per heavy atom. The summed E-state index contributed by atoms with van der Waals surface area (Å²) in [5.41, 5.74) is -0.189. The van der Waals surface area contributed by atoms with E-state index in [0.29, 0.717) is 24.3 Å². The maximum absolute atomic E-state index is 13.2. The number of nitrogens with zero attached hydrogens (tertiary/aromatic N) is 1. The monoisotopic (exact) mass is 427 g/mol. The molecule has 3 rings (SSSR count). The predicted molar refractivity (Wildman–Crippen MR) is 101 cm³/mol. The normalized spacial score (nSPS) is 17.9. The topological polar surface area (TPSA) is 66.8 Å². The molecule has 0 spiro atoms. The molecule has 2 aromatic carbocycles. The first kappa shape index (κ1) is 21.3. The zero-order valence-electron chi connectivity index (χ0n) is 15.4. The van der Waals surface area contributed by atoms with E-state index in [1.54, 1.807) is 24.3 Å². The summed E-state index contributed by atoms with van der Waals surface area (Å²) in [5.74, 6) is 0.147. The second-order valence-electron chi connectivity index (χ2n) is 6.63. The third kappa shape index (κ3) is 5.16. The third-order valence-corrected chi connectivity index (χ3v) is 6.46. The molecule has 1 N–H and O–H groups in total. The van der Waals surface area contributed by atoms with Gasteiger partial charge in [0.2, 0.25) is 0 Å². The molecule has 0 unspecified atom stereocenters. The van der Waals surface area contributed by atoms with Crippen LogP contribution in [0.3, 0.4) is 0 Å². The Kier molecular flexibility index (Phi) is 6.59. The van der Waals surface area contributed by atoms with Crippen molar-refractivity contribution in [3.8, 4) is 5.75 Å². The molecule has 2 aromatic rings.